The van der Waals surface area contributed by atoms with Gasteiger partial charge in [0.1, 0.15) is 0 Å². The molecule has 0 aliphatic heterocycles. The first-order valence-electron chi connectivity index (χ1n) is 9.36. The highest BCUT2D eigenvalue weighted by molar-refractivity contribution is 6.47. The molecule has 0 saturated heterocycles. The van der Waals surface area contributed by atoms with Crippen molar-refractivity contribution in [2.24, 2.45) is 0 Å². The molecule has 0 spiro atoms. The Bertz CT molecular complexity index is 795. The zero-order chi connectivity index (χ0) is 19.5. The minimum Gasteiger partial charge on any atom is -0.427 e. The number of fused-ring (bicyclic) bond motifs is 2. The summed E-state index contributed by atoms with van der Waals surface area (Å²) in [6.45, 7) is 14.1. The Morgan fingerprint density at radius 3 is 2.42 bits per heavy atom. The molecule has 2 aliphatic rings. The lowest BCUT2D eigenvalue weighted by Crippen LogP contribution is -2.49. The van der Waals surface area contributed by atoms with E-state index < -0.39 is 11.2 Å². The van der Waals surface area contributed by atoms with E-state index in [1.165, 1.54) is 22.3 Å². The van der Waals surface area contributed by atoms with Gasteiger partial charge >= 0.3 is 7.48 Å². The molecular weight excluding hydrogens is 343 g/mol. The molecule has 2 nitrogen and oxygen atoms in total. The van der Waals surface area contributed by atoms with Crippen LogP contribution in [0.4, 0.5) is 0 Å². The first kappa shape index (κ1) is 19.7. The second kappa shape index (κ2) is 5.99. The Kier molecular flexibility index (Phi) is 4.54. The van der Waals surface area contributed by atoms with Crippen molar-refractivity contribution in [1.29, 1.82) is 0 Å². The van der Waals surface area contributed by atoms with Crippen molar-refractivity contribution in [2.75, 3.05) is 0 Å². The van der Waals surface area contributed by atoms with E-state index in [9.17, 15) is 5.11 Å². The number of halogens is 1. The van der Waals surface area contributed by atoms with Crippen LogP contribution in [0.5, 0.6) is 0 Å². The highest BCUT2D eigenvalue weighted by atomic mass is 35.5. The van der Waals surface area contributed by atoms with E-state index >= 15 is 0 Å². The van der Waals surface area contributed by atoms with Crippen LogP contribution < -0.4 is 5.46 Å². The summed E-state index contributed by atoms with van der Waals surface area (Å²) in [5.41, 5.74) is 4.96. The SMILES string of the molecule is CC1(Cl)C=CC2=C(C1)C(C)(C)c1cc(BOC(C)(C)C(C)(C)O)ccc12. The molecule has 4 heteroatoms. The van der Waals surface area contributed by atoms with Crippen molar-refractivity contribution in [3.63, 3.8) is 0 Å². The normalized spacial score (nSPS) is 24.5. The molecule has 3 rings (SSSR count). The van der Waals surface area contributed by atoms with Gasteiger partial charge in [-0.15, -0.1) is 11.6 Å². The largest absolute Gasteiger partial charge is 0.427 e. The van der Waals surface area contributed by atoms with Crippen LogP contribution in [-0.2, 0) is 10.1 Å². The highest BCUT2D eigenvalue weighted by Gasteiger charge is 2.41. The van der Waals surface area contributed by atoms with E-state index in [1.54, 1.807) is 13.8 Å². The molecule has 0 saturated carbocycles. The quantitative estimate of drug-likeness (QED) is 0.633. The average Bonchev–Trinajstić information content (AvgIpc) is 2.71. The van der Waals surface area contributed by atoms with Gasteiger partial charge in [0.2, 0.25) is 0 Å². The van der Waals surface area contributed by atoms with Crippen molar-refractivity contribution in [3.05, 3.63) is 47.1 Å². The third kappa shape index (κ3) is 3.30. The van der Waals surface area contributed by atoms with Gasteiger partial charge < -0.3 is 9.76 Å². The number of aliphatic hydroxyl groups is 1. The maximum atomic E-state index is 10.3. The molecule has 0 radical (unpaired) electrons. The van der Waals surface area contributed by atoms with Crippen molar-refractivity contribution in [3.8, 4) is 0 Å². The van der Waals surface area contributed by atoms with Crippen LogP contribution >= 0.6 is 11.6 Å². The minimum atomic E-state index is -0.904. The van der Waals surface area contributed by atoms with Gasteiger partial charge in [0.05, 0.1) is 16.1 Å². The predicted molar refractivity (Wildman–Crippen MR) is 113 cm³/mol. The number of hydrogen-bond donors (Lipinski definition) is 1. The standard InChI is InChI=1S/C22H30BClO2/c1-19(2)17-12-14(23-26-21(5,6)20(3,4)25)8-9-15(17)16-10-11-22(7,24)13-18(16)19/h8-12,23,25H,13H2,1-7H3. The monoisotopic (exact) mass is 372 g/mol. The summed E-state index contributed by atoms with van der Waals surface area (Å²) >= 11 is 6.62. The van der Waals surface area contributed by atoms with Crippen molar-refractivity contribution in [2.45, 2.75) is 76.4 Å². The lowest BCUT2D eigenvalue weighted by molar-refractivity contribution is -0.0893. The van der Waals surface area contributed by atoms with Crippen LogP contribution in [0.2, 0.25) is 0 Å². The molecule has 0 bridgehead atoms. The Labute approximate surface area is 163 Å². The van der Waals surface area contributed by atoms with Gasteiger partial charge in [0.25, 0.3) is 0 Å². The van der Waals surface area contributed by atoms with E-state index in [-0.39, 0.29) is 10.3 Å². The molecule has 1 aromatic carbocycles. The van der Waals surface area contributed by atoms with Crippen LogP contribution in [0.1, 0.15) is 66.0 Å². The molecule has 0 heterocycles. The summed E-state index contributed by atoms with van der Waals surface area (Å²) in [4.78, 5) is -0.305. The average molecular weight is 373 g/mol. The molecule has 1 atom stereocenters. The predicted octanol–water partition coefficient (Wildman–Crippen LogP) is 4.23. The third-order valence-corrected chi connectivity index (χ3v) is 6.58. The van der Waals surface area contributed by atoms with Crippen molar-refractivity contribution < 1.29 is 9.76 Å². The summed E-state index contributed by atoms with van der Waals surface area (Å²) < 4.78 is 6.06. The Hall–Kier alpha value is -1.03. The lowest BCUT2D eigenvalue weighted by Gasteiger charge is -2.37. The molecule has 0 fully saturated rings. The molecule has 140 valence electrons. The van der Waals surface area contributed by atoms with Crippen LogP contribution in [0.3, 0.4) is 0 Å². The Morgan fingerprint density at radius 1 is 1.15 bits per heavy atom. The van der Waals surface area contributed by atoms with Crippen LogP contribution in [0.25, 0.3) is 5.57 Å². The second-order valence-electron chi connectivity index (χ2n) is 9.54. The fourth-order valence-electron chi connectivity index (χ4n) is 3.70. The van der Waals surface area contributed by atoms with Gasteiger partial charge in [-0.2, -0.15) is 0 Å². The minimum absolute atomic E-state index is 0.0344. The van der Waals surface area contributed by atoms with E-state index in [4.69, 9.17) is 16.3 Å². The Balaban J connectivity index is 1.88. The summed E-state index contributed by atoms with van der Waals surface area (Å²) in [6.07, 6.45) is 5.17. The van der Waals surface area contributed by atoms with Crippen LogP contribution in [-0.4, -0.2) is 28.7 Å². The Morgan fingerprint density at radius 2 is 1.81 bits per heavy atom. The van der Waals surface area contributed by atoms with E-state index in [0.717, 1.165) is 11.9 Å². The summed E-state index contributed by atoms with van der Waals surface area (Å²) in [6, 6.07) is 6.59. The van der Waals surface area contributed by atoms with E-state index in [1.807, 2.05) is 13.8 Å². The molecule has 0 amide bonds. The maximum Gasteiger partial charge on any atom is 0.309 e. The summed E-state index contributed by atoms with van der Waals surface area (Å²) in [7, 11) is 0.480. The first-order chi connectivity index (χ1) is 11.7. The fourth-order valence-corrected chi connectivity index (χ4v) is 3.90. The molecule has 26 heavy (non-hydrogen) atoms. The molecule has 1 N–H and O–H groups in total. The fraction of sp³-hybridized carbons (Fsp3) is 0.545. The zero-order valence-corrected chi connectivity index (χ0v) is 17.8. The topological polar surface area (TPSA) is 29.5 Å². The number of alkyl halides is 1. The molecule has 2 aliphatic carbocycles. The van der Waals surface area contributed by atoms with Gasteiger partial charge in [0.15, 0.2) is 0 Å². The zero-order valence-electron chi connectivity index (χ0n) is 17.0. The number of hydrogen-bond acceptors (Lipinski definition) is 2. The molecule has 1 unspecified atom stereocenters. The van der Waals surface area contributed by atoms with Gasteiger partial charge in [-0.3, -0.25) is 0 Å². The molecule has 0 aromatic heterocycles. The number of benzene rings is 1. The van der Waals surface area contributed by atoms with Gasteiger partial charge in [-0.25, -0.2) is 0 Å². The first-order valence-corrected chi connectivity index (χ1v) is 9.74. The van der Waals surface area contributed by atoms with Crippen molar-refractivity contribution >= 4 is 30.1 Å². The van der Waals surface area contributed by atoms with Gasteiger partial charge in [-0.1, -0.05) is 55.2 Å². The molecule has 1 aromatic rings. The lowest BCUT2D eigenvalue weighted by atomic mass is 9.74. The van der Waals surface area contributed by atoms with Gasteiger partial charge in [-0.05, 0) is 57.7 Å². The number of allylic oxidation sites excluding steroid dienone is 4. The van der Waals surface area contributed by atoms with Crippen LogP contribution in [0.15, 0.2) is 35.9 Å². The second-order valence-corrected chi connectivity index (χ2v) is 10.4. The summed E-state index contributed by atoms with van der Waals surface area (Å²) in [5, 5.41) is 10.3. The summed E-state index contributed by atoms with van der Waals surface area (Å²) in [5.74, 6) is 0. The van der Waals surface area contributed by atoms with E-state index in [0.29, 0.717) is 7.48 Å². The smallest absolute Gasteiger partial charge is 0.309 e. The van der Waals surface area contributed by atoms with Crippen molar-refractivity contribution in [1.82, 2.24) is 0 Å². The van der Waals surface area contributed by atoms with Gasteiger partial charge in [0, 0.05) is 5.41 Å². The van der Waals surface area contributed by atoms with E-state index in [2.05, 4.69) is 51.1 Å². The number of rotatable bonds is 4. The van der Waals surface area contributed by atoms with Crippen LogP contribution in [0, 0.1) is 0 Å². The maximum absolute atomic E-state index is 10.3. The molecular formula is C22H30BClO2. The highest BCUT2D eigenvalue weighted by Crippen LogP contribution is 2.52. The third-order valence-electron chi connectivity index (χ3n) is 6.32.